The summed E-state index contributed by atoms with van der Waals surface area (Å²) in [5, 5.41) is 0. The van der Waals surface area contributed by atoms with Crippen molar-refractivity contribution in [3.8, 4) is 0 Å². The Hall–Kier alpha value is -0.700. The lowest BCUT2D eigenvalue weighted by Gasteiger charge is -1.71. The van der Waals surface area contributed by atoms with Crippen molar-refractivity contribution in [1.82, 2.24) is 0 Å². The number of Topliss-reactive ketones (excluding diaryl/α,β-unsaturated/α-hetero) is 1. The summed E-state index contributed by atoms with van der Waals surface area (Å²) in [5.74, 6) is 0.255. The van der Waals surface area contributed by atoms with Gasteiger partial charge in [-0.3, -0.25) is 0 Å². The Morgan fingerprint density at radius 1 is 1.50 bits per heavy atom. The third kappa shape index (κ3) is 58.0. The zero-order valence-electron chi connectivity index (χ0n) is 5.23. The molecule has 2 N–H and O–H groups in total. The molecule has 8 heavy (non-hydrogen) atoms. The van der Waals surface area contributed by atoms with Gasteiger partial charge in [0, 0.05) is 6.42 Å². The van der Waals surface area contributed by atoms with Crippen LogP contribution in [0.3, 0.4) is 0 Å². The minimum absolute atomic E-state index is 0. The zero-order valence-corrected chi connectivity index (χ0v) is 5.23. The van der Waals surface area contributed by atoms with Crippen LogP contribution in [0.2, 0.25) is 0 Å². The van der Waals surface area contributed by atoms with E-state index < -0.39 is 0 Å². The average molecular weight is 120 g/mol. The molecule has 0 saturated heterocycles. The van der Waals surface area contributed by atoms with E-state index in [9.17, 15) is 4.79 Å². The summed E-state index contributed by atoms with van der Waals surface area (Å²) >= 11 is 0. The first-order chi connectivity index (χ1) is 3.27. The Morgan fingerprint density at radius 2 is 1.62 bits per heavy atom. The maximum atomic E-state index is 9.81. The fourth-order valence-electron chi connectivity index (χ4n) is 0. The number of rotatable bonds is 1. The van der Waals surface area contributed by atoms with Gasteiger partial charge in [0.05, 0.1) is 0 Å². The SMILES string of the molecule is C=O.CCC(C)=O.O. The molecule has 0 unspecified atom stereocenters. The molecule has 0 saturated carbocycles. The fourth-order valence-corrected chi connectivity index (χ4v) is 0. The molecule has 0 aromatic carbocycles. The second kappa shape index (κ2) is 16.3. The number of hydrogen-bond donors (Lipinski definition) is 0. The van der Waals surface area contributed by atoms with Gasteiger partial charge in [-0.15, -0.1) is 0 Å². The Kier molecular flexibility index (Phi) is 31.8. The van der Waals surface area contributed by atoms with Crippen LogP contribution >= 0.6 is 0 Å². The molecule has 3 nitrogen and oxygen atoms in total. The van der Waals surface area contributed by atoms with Gasteiger partial charge in [0.1, 0.15) is 12.6 Å². The second-order valence-corrected chi connectivity index (χ2v) is 1.06. The van der Waals surface area contributed by atoms with Gasteiger partial charge in [-0.1, -0.05) is 6.92 Å². The summed E-state index contributed by atoms with van der Waals surface area (Å²) in [6.07, 6.45) is 0.667. The highest BCUT2D eigenvalue weighted by Crippen LogP contribution is 1.71. The molecule has 0 bridgehead atoms. The topological polar surface area (TPSA) is 65.6 Å². The van der Waals surface area contributed by atoms with Gasteiger partial charge >= 0.3 is 0 Å². The third-order valence-corrected chi connectivity index (χ3v) is 0.498. The van der Waals surface area contributed by atoms with Gasteiger partial charge in [-0.2, -0.15) is 0 Å². The van der Waals surface area contributed by atoms with E-state index in [1.807, 2.05) is 13.7 Å². The smallest absolute Gasteiger partial charge is 0.129 e. The molecule has 0 aliphatic carbocycles. The molecular formula is C5H12O3. The first kappa shape index (κ1) is 15.7. The lowest BCUT2D eigenvalue weighted by atomic mass is 10.4. The van der Waals surface area contributed by atoms with Crippen LogP contribution in [-0.2, 0) is 9.59 Å². The van der Waals surface area contributed by atoms with E-state index in [1.165, 1.54) is 0 Å². The predicted molar refractivity (Wildman–Crippen MR) is 31.7 cm³/mol. The molecule has 3 heteroatoms. The van der Waals surface area contributed by atoms with Crippen LogP contribution in [0.25, 0.3) is 0 Å². The Bertz CT molecular complexity index is 51.6. The Labute approximate surface area is 49.0 Å². The van der Waals surface area contributed by atoms with E-state index in [2.05, 4.69) is 0 Å². The summed E-state index contributed by atoms with van der Waals surface area (Å²) in [6.45, 7) is 5.43. The van der Waals surface area contributed by atoms with Crippen LogP contribution in [-0.4, -0.2) is 18.0 Å². The van der Waals surface area contributed by atoms with Crippen LogP contribution in [0.5, 0.6) is 0 Å². The standard InChI is InChI=1S/C4H8O.CH2O.H2O/c1-3-4(2)5;1-2;/h3H2,1-2H3;1H2;1H2. The number of hydrogen-bond acceptors (Lipinski definition) is 2. The van der Waals surface area contributed by atoms with Crippen molar-refractivity contribution in [1.29, 1.82) is 0 Å². The second-order valence-electron chi connectivity index (χ2n) is 1.06. The molecule has 0 spiro atoms. The number of carbonyl (C=O) groups excluding carboxylic acids is 2. The van der Waals surface area contributed by atoms with E-state index in [-0.39, 0.29) is 11.3 Å². The van der Waals surface area contributed by atoms with E-state index in [4.69, 9.17) is 4.79 Å². The quantitative estimate of drug-likeness (QED) is 0.488. The van der Waals surface area contributed by atoms with Gasteiger partial charge in [-0.05, 0) is 6.92 Å². The lowest BCUT2D eigenvalue weighted by Crippen LogP contribution is -1.80. The van der Waals surface area contributed by atoms with Crippen molar-refractivity contribution in [3.63, 3.8) is 0 Å². The molecule has 0 amide bonds. The summed E-state index contributed by atoms with van der Waals surface area (Å²) in [7, 11) is 0. The van der Waals surface area contributed by atoms with Crippen molar-refractivity contribution in [2.45, 2.75) is 20.3 Å². The summed E-state index contributed by atoms with van der Waals surface area (Å²) in [4.78, 5) is 17.8. The molecule has 0 aliphatic heterocycles. The number of carbonyl (C=O) groups is 2. The molecule has 0 atom stereocenters. The van der Waals surface area contributed by atoms with Gasteiger partial charge in [-0.25, -0.2) is 0 Å². The Balaban J connectivity index is -0.0000000750. The van der Waals surface area contributed by atoms with Crippen LogP contribution in [0.15, 0.2) is 0 Å². The van der Waals surface area contributed by atoms with E-state index >= 15 is 0 Å². The highest BCUT2D eigenvalue weighted by Gasteiger charge is 1.76. The van der Waals surface area contributed by atoms with Crippen molar-refractivity contribution in [3.05, 3.63) is 0 Å². The summed E-state index contributed by atoms with van der Waals surface area (Å²) in [5.41, 5.74) is 0. The molecule has 0 aromatic heterocycles. The normalized spacial score (nSPS) is 5.25. The summed E-state index contributed by atoms with van der Waals surface area (Å²) in [6, 6.07) is 0. The van der Waals surface area contributed by atoms with E-state index in [0.29, 0.717) is 6.42 Å². The minimum Gasteiger partial charge on any atom is -0.412 e. The molecule has 0 fully saturated rings. The molecule has 0 rings (SSSR count). The largest absolute Gasteiger partial charge is 0.412 e. The molecular weight excluding hydrogens is 108 g/mol. The van der Waals surface area contributed by atoms with Crippen molar-refractivity contribution >= 4 is 12.6 Å². The summed E-state index contributed by atoms with van der Waals surface area (Å²) < 4.78 is 0. The average Bonchev–Trinajstić information content (AvgIpc) is 1.73. The zero-order chi connectivity index (χ0) is 6.28. The molecule has 0 radical (unpaired) electrons. The highest BCUT2D eigenvalue weighted by atomic mass is 16.1. The van der Waals surface area contributed by atoms with Gasteiger partial charge in [0.2, 0.25) is 0 Å². The number of ketones is 1. The van der Waals surface area contributed by atoms with Crippen molar-refractivity contribution < 1.29 is 15.1 Å². The lowest BCUT2D eigenvalue weighted by molar-refractivity contribution is -0.116. The van der Waals surface area contributed by atoms with Crippen LogP contribution in [0, 0.1) is 0 Å². The monoisotopic (exact) mass is 120 g/mol. The van der Waals surface area contributed by atoms with E-state index in [0.717, 1.165) is 0 Å². The van der Waals surface area contributed by atoms with E-state index in [1.54, 1.807) is 6.92 Å². The van der Waals surface area contributed by atoms with Crippen LogP contribution in [0.1, 0.15) is 20.3 Å². The Morgan fingerprint density at radius 3 is 1.62 bits per heavy atom. The predicted octanol–water partition coefficient (Wildman–Crippen LogP) is -0.0242. The molecule has 0 heterocycles. The minimum atomic E-state index is 0. The van der Waals surface area contributed by atoms with Gasteiger partial charge < -0.3 is 15.1 Å². The third-order valence-electron chi connectivity index (χ3n) is 0.498. The molecule has 0 aliphatic rings. The maximum Gasteiger partial charge on any atom is 0.129 e. The van der Waals surface area contributed by atoms with Crippen molar-refractivity contribution in [2.24, 2.45) is 0 Å². The fraction of sp³-hybridized carbons (Fsp3) is 0.600. The molecule has 50 valence electrons. The highest BCUT2D eigenvalue weighted by molar-refractivity contribution is 5.74. The first-order valence-corrected chi connectivity index (χ1v) is 2.05. The van der Waals surface area contributed by atoms with Crippen LogP contribution in [0.4, 0.5) is 0 Å². The maximum absolute atomic E-state index is 9.81. The first-order valence-electron chi connectivity index (χ1n) is 2.05. The van der Waals surface area contributed by atoms with Gasteiger partial charge in [0.15, 0.2) is 0 Å². The van der Waals surface area contributed by atoms with Gasteiger partial charge in [0.25, 0.3) is 0 Å². The van der Waals surface area contributed by atoms with Crippen molar-refractivity contribution in [2.75, 3.05) is 0 Å². The van der Waals surface area contributed by atoms with Crippen LogP contribution < -0.4 is 0 Å². The molecule has 0 aromatic rings.